The zero-order chi connectivity index (χ0) is 10.1. The van der Waals surface area contributed by atoms with Gasteiger partial charge in [-0.2, -0.15) is 12.3 Å². The van der Waals surface area contributed by atoms with Gasteiger partial charge in [-0.25, -0.2) is 6.08 Å². The van der Waals surface area contributed by atoms with Crippen LogP contribution in [0.5, 0.6) is 0 Å². The molecule has 14 heavy (non-hydrogen) atoms. The Morgan fingerprint density at radius 1 is 1.57 bits per heavy atom. The summed E-state index contributed by atoms with van der Waals surface area (Å²) in [5.41, 5.74) is 0. The van der Waals surface area contributed by atoms with Crippen LogP contribution in [0.25, 0.3) is 6.08 Å². The van der Waals surface area contributed by atoms with E-state index < -0.39 is 0 Å². The Labute approximate surface area is 98.4 Å². The third-order valence-corrected chi connectivity index (χ3v) is 1.19. The quantitative estimate of drug-likeness (QED) is 0.567. The number of H-pyrrole nitrogens is 1. The monoisotopic (exact) mass is 366 g/mol. The molecule has 0 saturated carbocycles. The van der Waals surface area contributed by atoms with Crippen molar-refractivity contribution in [3.8, 4) is 0 Å². The van der Waals surface area contributed by atoms with E-state index in [4.69, 9.17) is 5.41 Å². The van der Waals surface area contributed by atoms with Crippen LogP contribution in [0, 0.1) is 5.41 Å². The molecule has 0 fully saturated rings. The van der Waals surface area contributed by atoms with E-state index >= 15 is 0 Å². The van der Waals surface area contributed by atoms with Gasteiger partial charge in [0.15, 0.2) is 0 Å². The van der Waals surface area contributed by atoms with Crippen LogP contribution in [0.3, 0.4) is 0 Å². The molecule has 0 atom stereocenters. The van der Waals surface area contributed by atoms with Crippen molar-refractivity contribution in [2.24, 2.45) is 0 Å². The number of imidazole rings is 1. The normalized spacial score (nSPS) is 8.50. The van der Waals surface area contributed by atoms with Crippen LogP contribution in [-0.4, -0.2) is 23.2 Å². The van der Waals surface area contributed by atoms with Crippen molar-refractivity contribution in [1.29, 1.82) is 5.41 Å². The number of hydrogen-bond acceptors (Lipinski definition) is 3. The fourth-order valence-corrected chi connectivity index (χ4v) is 0.669. The van der Waals surface area contributed by atoms with Gasteiger partial charge in [0.2, 0.25) is 0 Å². The van der Waals surface area contributed by atoms with Crippen LogP contribution >= 0.6 is 0 Å². The van der Waals surface area contributed by atoms with Gasteiger partial charge in [0.25, 0.3) is 0 Å². The first-order valence-corrected chi connectivity index (χ1v) is 4.18. The van der Waals surface area contributed by atoms with Crippen LogP contribution in [0.4, 0.5) is 5.82 Å². The first kappa shape index (κ1) is 15.5. The summed E-state index contributed by atoms with van der Waals surface area (Å²) in [6.45, 7) is 4.00. The van der Waals surface area contributed by atoms with Gasteiger partial charge >= 0.3 is 0 Å². The van der Waals surface area contributed by atoms with Crippen LogP contribution in [0.1, 0.15) is 19.7 Å². The van der Waals surface area contributed by atoms with Crippen molar-refractivity contribution >= 4 is 18.1 Å². The van der Waals surface area contributed by atoms with E-state index in [-0.39, 0.29) is 20.4 Å². The third kappa shape index (κ3) is 5.68. The standard InChI is InChI=1S/C7H9N4.C2H6.Re/c1-9-7-5-10-6(11-7)3-2-4-8;1-2;/h2-3,5,8-9H,1H3,(H,10,11);1-2H3;/q-1;;/b3-2-;;. The van der Waals surface area contributed by atoms with Crippen LogP contribution in [0.2, 0.25) is 0 Å². The zero-order valence-corrected chi connectivity index (χ0v) is 11.3. The summed E-state index contributed by atoms with van der Waals surface area (Å²) in [6, 6.07) is 0. The Hall–Kier alpha value is -0.918. The molecule has 0 aliphatic heterocycles. The maximum Gasteiger partial charge on any atom is 0.122 e. The average Bonchev–Trinajstić information content (AvgIpc) is 2.65. The Kier molecular flexibility index (Phi) is 11.3. The Balaban J connectivity index is 0. The fourth-order valence-electron chi connectivity index (χ4n) is 0.669. The molecule has 4 nitrogen and oxygen atoms in total. The van der Waals surface area contributed by atoms with Crippen molar-refractivity contribution < 1.29 is 20.4 Å². The summed E-state index contributed by atoms with van der Waals surface area (Å²) in [6.07, 6.45) is 6.98. The van der Waals surface area contributed by atoms with Crippen molar-refractivity contribution in [3.63, 3.8) is 0 Å². The molecule has 0 aliphatic rings. The molecule has 3 N–H and O–H groups in total. The molecule has 0 spiro atoms. The molecule has 0 amide bonds. The number of aromatic amines is 1. The number of nitrogens with zero attached hydrogens (tertiary/aromatic N) is 1. The van der Waals surface area contributed by atoms with Crippen molar-refractivity contribution in [2.45, 2.75) is 13.8 Å². The van der Waals surface area contributed by atoms with Crippen molar-refractivity contribution in [3.05, 3.63) is 18.1 Å². The van der Waals surface area contributed by atoms with Crippen molar-refractivity contribution in [1.82, 2.24) is 9.97 Å². The molecule has 1 heterocycles. The summed E-state index contributed by atoms with van der Waals surface area (Å²) in [4.78, 5) is 6.96. The summed E-state index contributed by atoms with van der Waals surface area (Å²) in [5.74, 6) is 1.57. The molecule has 0 aromatic carbocycles. The minimum atomic E-state index is 0. The summed E-state index contributed by atoms with van der Waals surface area (Å²) in [5, 5.41) is 9.51. The number of allylic oxidation sites excluding steroid dienone is 1. The van der Waals surface area contributed by atoms with Gasteiger partial charge in [0, 0.05) is 33.3 Å². The maximum absolute atomic E-state index is 6.61. The summed E-state index contributed by atoms with van der Waals surface area (Å²) in [7, 11) is 1.81. The molecule has 0 aliphatic carbocycles. The number of anilines is 1. The zero-order valence-electron chi connectivity index (χ0n) is 8.56. The number of rotatable bonds is 3. The molecule has 1 rings (SSSR count). The second kappa shape index (κ2) is 10.2. The molecular weight excluding hydrogens is 350 g/mol. The third-order valence-electron chi connectivity index (χ3n) is 1.19. The summed E-state index contributed by atoms with van der Waals surface area (Å²) >= 11 is 0. The number of nitrogens with one attached hydrogen (secondary N) is 3. The molecule has 0 unspecified atom stereocenters. The van der Waals surface area contributed by atoms with Gasteiger partial charge in [-0.1, -0.05) is 13.8 Å². The molecule has 79 valence electrons. The molecule has 1 aromatic heterocycles. The average molecular weight is 365 g/mol. The van der Waals surface area contributed by atoms with E-state index in [9.17, 15) is 0 Å². The molecule has 0 bridgehead atoms. The molecule has 0 saturated heterocycles. The fraction of sp³-hybridized carbons (Fsp3) is 0.333. The van der Waals surface area contributed by atoms with Gasteiger partial charge in [-0.05, 0) is 0 Å². The van der Waals surface area contributed by atoms with Gasteiger partial charge < -0.3 is 15.7 Å². The van der Waals surface area contributed by atoms with Crippen LogP contribution < -0.4 is 5.32 Å². The topological polar surface area (TPSA) is 64.6 Å². The largest absolute Gasteiger partial charge is 0.412 e. The first-order valence-electron chi connectivity index (χ1n) is 4.18. The first-order chi connectivity index (χ1) is 6.36. The van der Waals surface area contributed by atoms with E-state index in [2.05, 4.69) is 21.5 Å². The van der Waals surface area contributed by atoms with E-state index in [0.717, 1.165) is 5.82 Å². The molecule has 1 radical (unpaired) electrons. The second-order valence-corrected chi connectivity index (χ2v) is 1.91. The Bertz CT molecular complexity index is 268. The van der Waals surface area contributed by atoms with Crippen molar-refractivity contribution in [2.75, 3.05) is 12.4 Å². The van der Waals surface area contributed by atoms with Gasteiger partial charge in [0.1, 0.15) is 5.82 Å². The molecular formula is C9H15N4Re-. The van der Waals surface area contributed by atoms with E-state index in [1.165, 1.54) is 6.08 Å². The van der Waals surface area contributed by atoms with Gasteiger partial charge in [0.05, 0.1) is 6.20 Å². The smallest absolute Gasteiger partial charge is 0.122 e. The maximum atomic E-state index is 6.61. The van der Waals surface area contributed by atoms with E-state index in [0.29, 0.717) is 5.82 Å². The van der Waals surface area contributed by atoms with E-state index in [1.807, 2.05) is 20.9 Å². The minimum absolute atomic E-state index is 0. The second-order valence-electron chi connectivity index (χ2n) is 1.91. The van der Waals surface area contributed by atoms with E-state index in [1.54, 1.807) is 12.3 Å². The minimum Gasteiger partial charge on any atom is -0.412 e. The SMILES string of the molecule is CC.CNc1cnc(/C=C\[C-]=N)[nH]1.[Re]. The molecule has 1 aromatic rings. The Morgan fingerprint density at radius 3 is 2.64 bits per heavy atom. The van der Waals surface area contributed by atoms with Gasteiger partial charge in [-0.3, -0.25) is 4.98 Å². The number of hydrogen-bond donors (Lipinski definition) is 3. The van der Waals surface area contributed by atoms with Gasteiger partial charge in [-0.15, -0.1) is 0 Å². The molecule has 5 heteroatoms. The Morgan fingerprint density at radius 2 is 2.21 bits per heavy atom. The predicted molar refractivity (Wildman–Crippen MR) is 56.2 cm³/mol. The van der Waals surface area contributed by atoms with Crippen LogP contribution in [-0.2, 0) is 20.4 Å². The predicted octanol–water partition coefficient (Wildman–Crippen LogP) is 2.01. The van der Waals surface area contributed by atoms with Crippen LogP contribution in [0.15, 0.2) is 12.3 Å². The number of aromatic nitrogens is 2. The summed E-state index contributed by atoms with van der Waals surface area (Å²) < 4.78 is 0.